The van der Waals surface area contributed by atoms with Gasteiger partial charge in [0, 0.05) is 22.5 Å². The number of carbonyl (C=O) groups excluding carboxylic acids is 3. The molecule has 0 radical (unpaired) electrons. The summed E-state index contributed by atoms with van der Waals surface area (Å²) in [6, 6.07) is 12.2. The van der Waals surface area contributed by atoms with Crippen LogP contribution in [0.25, 0.3) is 10.9 Å². The Balaban J connectivity index is 1.61. The van der Waals surface area contributed by atoms with Crippen LogP contribution in [0.2, 0.25) is 0 Å². The Labute approximate surface area is 221 Å². The lowest BCUT2D eigenvalue weighted by atomic mass is 10.0. The molecule has 9 nitrogen and oxygen atoms in total. The number of hydrogen-bond acceptors (Lipinski definition) is 8. The van der Waals surface area contributed by atoms with Crippen LogP contribution in [-0.4, -0.2) is 38.0 Å². The highest BCUT2D eigenvalue weighted by atomic mass is 32.1. The average molecular weight is 535 g/mol. The first-order valence-electron chi connectivity index (χ1n) is 12.0. The summed E-state index contributed by atoms with van der Waals surface area (Å²) in [5, 5.41) is 5.94. The second-order valence-electron chi connectivity index (χ2n) is 9.00. The zero-order valence-corrected chi connectivity index (χ0v) is 21.6. The second-order valence-corrected chi connectivity index (χ2v) is 10.8. The van der Waals surface area contributed by atoms with Gasteiger partial charge in [0.2, 0.25) is 5.91 Å². The Bertz CT molecular complexity index is 1450. The van der Waals surface area contributed by atoms with E-state index in [2.05, 4.69) is 14.7 Å². The van der Waals surface area contributed by atoms with E-state index in [0.717, 1.165) is 53.0 Å². The molecule has 0 bridgehead atoms. The fourth-order valence-corrected chi connectivity index (χ4v) is 6.16. The number of aromatic nitrogens is 2. The number of primary amides is 1. The van der Waals surface area contributed by atoms with Gasteiger partial charge in [0.25, 0.3) is 11.8 Å². The number of benzene rings is 1. The molecular weight excluding hydrogens is 508 g/mol. The van der Waals surface area contributed by atoms with E-state index in [1.54, 1.807) is 6.20 Å². The maximum absolute atomic E-state index is 14.0. The summed E-state index contributed by atoms with van der Waals surface area (Å²) < 4.78 is 4.01. The van der Waals surface area contributed by atoms with Crippen molar-refractivity contribution in [2.24, 2.45) is 5.73 Å². The molecule has 0 aliphatic heterocycles. The van der Waals surface area contributed by atoms with Crippen LogP contribution in [0.3, 0.4) is 0 Å². The van der Waals surface area contributed by atoms with Gasteiger partial charge in [0.1, 0.15) is 10.9 Å². The van der Waals surface area contributed by atoms with Gasteiger partial charge in [-0.2, -0.15) is 4.37 Å². The first-order chi connectivity index (χ1) is 17.9. The minimum absolute atomic E-state index is 0.0609. The topological polar surface area (TPSA) is 144 Å². The van der Waals surface area contributed by atoms with Crippen molar-refractivity contribution in [3.05, 3.63) is 75.1 Å². The molecule has 3 heterocycles. The van der Waals surface area contributed by atoms with Gasteiger partial charge in [0.15, 0.2) is 5.69 Å². The summed E-state index contributed by atoms with van der Waals surface area (Å²) in [6.45, 7) is 0.174. The number of fused-ring (bicyclic) bond motifs is 1. The molecule has 1 aliphatic carbocycles. The molecule has 1 aliphatic rings. The maximum atomic E-state index is 14.0. The van der Waals surface area contributed by atoms with E-state index in [4.69, 9.17) is 11.5 Å². The number of nitrogens with two attached hydrogens (primary N) is 2. The molecule has 1 atom stereocenters. The highest BCUT2D eigenvalue weighted by Gasteiger charge is 2.36. The van der Waals surface area contributed by atoms with E-state index in [1.165, 1.54) is 16.2 Å². The van der Waals surface area contributed by atoms with Crippen LogP contribution >= 0.6 is 22.9 Å². The molecule has 190 valence electrons. The summed E-state index contributed by atoms with van der Waals surface area (Å²) in [5.74, 6) is -1.57. The fraction of sp³-hybridized carbons (Fsp3) is 0.269. The number of nitrogens with zero attached hydrogens (tertiary/aromatic N) is 3. The largest absolute Gasteiger partial charge is 0.395 e. The van der Waals surface area contributed by atoms with E-state index in [9.17, 15) is 14.4 Å². The summed E-state index contributed by atoms with van der Waals surface area (Å²) in [5.41, 5.74) is 12.7. The molecule has 0 saturated heterocycles. The summed E-state index contributed by atoms with van der Waals surface area (Å²) >= 11 is 2.29. The van der Waals surface area contributed by atoms with Gasteiger partial charge in [-0.05, 0) is 59.6 Å². The fourth-order valence-electron chi connectivity index (χ4n) is 4.70. The van der Waals surface area contributed by atoms with Crippen molar-refractivity contribution in [1.29, 1.82) is 0 Å². The zero-order valence-electron chi connectivity index (χ0n) is 19.9. The predicted molar refractivity (Wildman–Crippen MR) is 144 cm³/mol. The molecule has 5 N–H and O–H groups in total. The number of hydrogen-bond donors (Lipinski definition) is 3. The molecule has 5 rings (SSSR count). The SMILES string of the molecule is NC(=O)c1nsc(C(=O)N(Cc2cccs2)C(C(=O)NC2CCCC2)c2ccc3ncccc3c2)c1N. The smallest absolute Gasteiger partial charge is 0.270 e. The molecule has 1 saturated carbocycles. The molecule has 1 fully saturated rings. The third-order valence-electron chi connectivity index (χ3n) is 6.53. The number of nitrogens with one attached hydrogen (secondary N) is 1. The Morgan fingerprint density at radius 2 is 1.95 bits per heavy atom. The van der Waals surface area contributed by atoms with E-state index < -0.39 is 17.9 Å². The number of rotatable bonds is 8. The first kappa shape index (κ1) is 24.8. The number of nitrogen functional groups attached to an aromatic ring is 1. The van der Waals surface area contributed by atoms with Gasteiger partial charge in [-0.15, -0.1) is 11.3 Å². The maximum Gasteiger partial charge on any atom is 0.270 e. The number of amides is 3. The van der Waals surface area contributed by atoms with E-state index in [1.807, 2.05) is 47.8 Å². The first-order valence-corrected chi connectivity index (χ1v) is 13.6. The van der Waals surface area contributed by atoms with Crippen LogP contribution in [0.1, 0.15) is 62.3 Å². The van der Waals surface area contributed by atoms with Gasteiger partial charge in [0.05, 0.1) is 17.7 Å². The Morgan fingerprint density at radius 1 is 1.14 bits per heavy atom. The molecule has 3 aromatic heterocycles. The lowest BCUT2D eigenvalue weighted by Gasteiger charge is -2.32. The van der Waals surface area contributed by atoms with Gasteiger partial charge >= 0.3 is 0 Å². The third-order valence-corrected chi connectivity index (χ3v) is 8.24. The van der Waals surface area contributed by atoms with Crippen molar-refractivity contribution in [3.8, 4) is 0 Å². The predicted octanol–water partition coefficient (Wildman–Crippen LogP) is 3.88. The van der Waals surface area contributed by atoms with E-state index in [0.29, 0.717) is 5.56 Å². The Kier molecular flexibility index (Phi) is 7.15. The van der Waals surface area contributed by atoms with Crippen molar-refractivity contribution in [2.75, 3.05) is 5.73 Å². The summed E-state index contributed by atoms with van der Waals surface area (Å²) in [4.78, 5) is 46.5. The molecule has 3 amide bonds. The van der Waals surface area contributed by atoms with E-state index >= 15 is 0 Å². The van der Waals surface area contributed by atoms with Gasteiger partial charge in [-0.25, -0.2) is 0 Å². The van der Waals surface area contributed by atoms with Crippen molar-refractivity contribution in [1.82, 2.24) is 19.6 Å². The molecule has 11 heteroatoms. The van der Waals surface area contributed by atoms with Crippen molar-refractivity contribution < 1.29 is 14.4 Å². The molecule has 1 aromatic carbocycles. The number of pyridine rings is 1. The summed E-state index contributed by atoms with van der Waals surface area (Å²) in [7, 11) is 0. The van der Waals surface area contributed by atoms with Crippen LogP contribution in [0, 0.1) is 0 Å². The highest BCUT2D eigenvalue weighted by molar-refractivity contribution is 7.10. The Hall–Kier alpha value is -3.83. The minimum atomic E-state index is -0.946. The van der Waals surface area contributed by atoms with Crippen LogP contribution < -0.4 is 16.8 Å². The van der Waals surface area contributed by atoms with Gasteiger partial charge in [-0.1, -0.05) is 31.0 Å². The quantitative estimate of drug-likeness (QED) is 0.313. The lowest BCUT2D eigenvalue weighted by Crippen LogP contribution is -2.45. The Morgan fingerprint density at radius 3 is 2.65 bits per heavy atom. The van der Waals surface area contributed by atoms with Crippen LogP contribution in [0.15, 0.2) is 54.0 Å². The molecule has 0 spiro atoms. The lowest BCUT2D eigenvalue weighted by molar-refractivity contribution is -0.126. The van der Waals surface area contributed by atoms with Crippen LogP contribution in [0.5, 0.6) is 0 Å². The van der Waals surface area contributed by atoms with Crippen LogP contribution in [0.4, 0.5) is 5.69 Å². The third kappa shape index (κ3) is 5.18. The molecular formula is C26H26N6O3S2. The number of carbonyl (C=O) groups is 3. The molecule has 4 aromatic rings. The standard InChI is InChI=1S/C26H26N6O3S2/c27-20-21(24(28)33)31-37-23(20)26(35)32(14-18-8-4-12-36-18)22(25(34)30-17-6-1-2-7-17)16-9-10-19-15(13-16)5-3-11-29-19/h3-5,8-13,17,22H,1-2,6-7,14,27H2,(H2,28,33)(H,30,34). The van der Waals surface area contributed by atoms with Crippen molar-refractivity contribution in [3.63, 3.8) is 0 Å². The normalized spacial score (nSPS) is 14.5. The van der Waals surface area contributed by atoms with E-state index in [-0.39, 0.29) is 34.8 Å². The monoisotopic (exact) mass is 534 g/mol. The minimum Gasteiger partial charge on any atom is -0.395 e. The second kappa shape index (κ2) is 10.7. The molecule has 1 unspecified atom stereocenters. The van der Waals surface area contributed by atoms with Gasteiger partial charge in [-0.3, -0.25) is 19.4 Å². The molecule has 37 heavy (non-hydrogen) atoms. The number of thiophene rings is 1. The van der Waals surface area contributed by atoms with Crippen molar-refractivity contribution in [2.45, 2.75) is 44.3 Å². The summed E-state index contributed by atoms with van der Waals surface area (Å²) in [6.07, 6.45) is 5.64. The van der Waals surface area contributed by atoms with Gasteiger partial charge < -0.3 is 21.7 Å². The van der Waals surface area contributed by atoms with Crippen molar-refractivity contribution >= 4 is 57.2 Å². The average Bonchev–Trinajstić information content (AvgIpc) is 3.66. The van der Waals surface area contributed by atoms with Crippen LogP contribution in [-0.2, 0) is 11.3 Å². The number of anilines is 1. The highest BCUT2D eigenvalue weighted by Crippen LogP contribution is 2.32. The zero-order chi connectivity index (χ0) is 25.9.